The summed E-state index contributed by atoms with van der Waals surface area (Å²) in [5.41, 5.74) is 5.13. The average Bonchev–Trinajstić information content (AvgIpc) is 3.37. The Morgan fingerprint density at radius 2 is 1.84 bits per heavy atom. The fourth-order valence-corrected chi connectivity index (χ4v) is 4.38. The number of amides is 1. The molecule has 1 aromatic heterocycles. The molecule has 0 bridgehead atoms. The van der Waals surface area contributed by atoms with E-state index in [1.165, 1.54) is 18.0 Å². The van der Waals surface area contributed by atoms with Crippen LogP contribution in [0.1, 0.15) is 12.5 Å². The fourth-order valence-electron chi connectivity index (χ4n) is 3.51. The Morgan fingerprint density at radius 1 is 1.08 bits per heavy atom. The highest BCUT2D eigenvalue weighted by molar-refractivity contribution is 7.99. The molecule has 1 N–H and O–H groups in total. The van der Waals surface area contributed by atoms with E-state index < -0.39 is 0 Å². The Morgan fingerprint density at radius 3 is 2.58 bits per heavy atom. The number of rotatable bonds is 11. The van der Waals surface area contributed by atoms with Gasteiger partial charge in [0.05, 0.1) is 19.5 Å². The maximum atomic E-state index is 12.5. The zero-order chi connectivity index (χ0) is 26.7. The standard InChI is InChI=1S/C28H26ClN5O3S/c1-3-37-24-16-14-23(15-17-24)34-27(21-10-12-22(29)13-11-21)32-33-28(34)38-19-26(35)31-30-18-6-8-20-7-4-5-9-25(20)36-2/h4-18H,3,19H2,1-2H3,(H,31,35). The van der Waals surface area contributed by atoms with E-state index >= 15 is 0 Å². The summed E-state index contributed by atoms with van der Waals surface area (Å²) in [6, 6.07) is 22.6. The highest BCUT2D eigenvalue weighted by Crippen LogP contribution is 2.29. The lowest BCUT2D eigenvalue weighted by Gasteiger charge is -2.11. The van der Waals surface area contributed by atoms with Gasteiger partial charge in [0.25, 0.3) is 5.91 Å². The summed E-state index contributed by atoms with van der Waals surface area (Å²) in [6.45, 7) is 2.52. The number of methoxy groups -OCH3 is 1. The molecule has 8 nitrogen and oxygen atoms in total. The van der Waals surface area contributed by atoms with E-state index in [4.69, 9.17) is 21.1 Å². The number of carbonyl (C=O) groups excluding carboxylic acids is 1. The Hall–Kier alpha value is -4.08. The minimum atomic E-state index is -0.272. The maximum absolute atomic E-state index is 12.5. The molecule has 0 aliphatic heterocycles. The van der Waals surface area contributed by atoms with E-state index in [0.717, 1.165) is 28.3 Å². The number of thioether (sulfide) groups is 1. The number of nitrogens with one attached hydrogen (secondary N) is 1. The van der Waals surface area contributed by atoms with Crippen LogP contribution in [-0.2, 0) is 4.79 Å². The molecule has 3 aromatic carbocycles. The van der Waals surface area contributed by atoms with Gasteiger partial charge in [-0.15, -0.1) is 10.2 Å². The Labute approximate surface area is 230 Å². The molecule has 1 heterocycles. The molecule has 0 fully saturated rings. The van der Waals surface area contributed by atoms with Crippen LogP contribution in [0, 0.1) is 0 Å². The number of benzene rings is 3. The van der Waals surface area contributed by atoms with Crippen molar-refractivity contribution in [3.63, 3.8) is 0 Å². The monoisotopic (exact) mass is 547 g/mol. The number of ether oxygens (including phenoxy) is 2. The third kappa shape index (κ3) is 7.02. The van der Waals surface area contributed by atoms with Gasteiger partial charge >= 0.3 is 0 Å². The van der Waals surface area contributed by atoms with Gasteiger partial charge in [-0.2, -0.15) is 5.10 Å². The van der Waals surface area contributed by atoms with Crippen molar-refractivity contribution in [1.29, 1.82) is 0 Å². The molecule has 0 radical (unpaired) electrons. The second kappa shape index (κ2) is 13.5. The normalized spacial score (nSPS) is 11.2. The Kier molecular flexibility index (Phi) is 9.55. The lowest BCUT2D eigenvalue weighted by Crippen LogP contribution is -2.19. The van der Waals surface area contributed by atoms with Gasteiger partial charge in [0, 0.05) is 28.1 Å². The number of hydrazone groups is 1. The molecule has 0 spiro atoms. The van der Waals surface area contributed by atoms with Gasteiger partial charge in [0.1, 0.15) is 11.5 Å². The van der Waals surface area contributed by atoms with Crippen LogP contribution in [-0.4, -0.2) is 46.4 Å². The molecule has 10 heteroatoms. The summed E-state index contributed by atoms with van der Waals surface area (Å²) >= 11 is 7.33. The van der Waals surface area contributed by atoms with Crippen molar-refractivity contribution in [3.05, 3.63) is 89.5 Å². The molecule has 0 saturated carbocycles. The molecule has 1 amide bonds. The van der Waals surface area contributed by atoms with Crippen LogP contribution in [0.15, 0.2) is 89.1 Å². The molecule has 0 unspecified atom stereocenters. The first-order valence-corrected chi connectivity index (χ1v) is 13.1. The largest absolute Gasteiger partial charge is 0.496 e. The molecule has 0 atom stereocenters. The Bertz CT molecular complexity index is 1420. The number of carbonyl (C=O) groups is 1. The first-order chi connectivity index (χ1) is 18.6. The van der Waals surface area contributed by atoms with Crippen LogP contribution in [0.2, 0.25) is 5.02 Å². The van der Waals surface area contributed by atoms with Crippen molar-refractivity contribution in [1.82, 2.24) is 20.2 Å². The van der Waals surface area contributed by atoms with Crippen LogP contribution in [0.3, 0.4) is 0 Å². The van der Waals surface area contributed by atoms with E-state index in [1.807, 2.05) is 78.2 Å². The highest BCUT2D eigenvalue weighted by atomic mass is 35.5. The predicted octanol–water partition coefficient (Wildman–Crippen LogP) is 5.90. The van der Waals surface area contributed by atoms with Crippen LogP contribution in [0.25, 0.3) is 23.2 Å². The first kappa shape index (κ1) is 27.0. The second-order valence-corrected chi connectivity index (χ2v) is 9.16. The molecule has 0 aliphatic carbocycles. The lowest BCUT2D eigenvalue weighted by molar-refractivity contribution is -0.118. The lowest BCUT2D eigenvalue weighted by atomic mass is 10.2. The van der Waals surface area contributed by atoms with Crippen LogP contribution >= 0.6 is 23.4 Å². The molecule has 194 valence electrons. The van der Waals surface area contributed by atoms with Gasteiger partial charge in [0.2, 0.25) is 0 Å². The van der Waals surface area contributed by atoms with Crippen molar-refractivity contribution in [3.8, 4) is 28.6 Å². The zero-order valence-electron chi connectivity index (χ0n) is 20.9. The minimum absolute atomic E-state index is 0.101. The number of para-hydroxylation sites is 1. The number of allylic oxidation sites excluding steroid dienone is 1. The highest BCUT2D eigenvalue weighted by Gasteiger charge is 2.17. The van der Waals surface area contributed by atoms with Gasteiger partial charge in [-0.05, 0) is 73.7 Å². The van der Waals surface area contributed by atoms with E-state index in [1.54, 1.807) is 25.3 Å². The fraction of sp³-hybridized carbons (Fsp3) is 0.143. The summed E-state index contributed by atoms with van der Waals surface area (Å²) < 4.78 is 12.8. The van der Waals surface area contributed by atoms with E-state index in [-0.39, 0.29) is 11.7 Å². The molecule has 4 aromatic rings. The van der Waals surface area contributed by atoms with Gasteiger partial charge in [0.15, 0.2) is 11.0 Å². The average molecular weight is 548 g/mol. The summed E-state index contributed by atoms with van der Waals surface area (Å²) in [4.78, 5) is 12.5. The maximum Gasteiger partial charge on any atom is 0.250 e. The summed E-state index contributed by atoms with van der Waals surface area (Å²) in [7, 11) is 1.62. The zero-order valence-corrected chi connectivity index (χ0v) is 22.4. The number of hydrogen-bond donors (Lipinski definition) is 1. The number of hydrogen-bond acceptors (Lipinski definition) is 7. The molecule has 0 saturated heterocycles. The molecule has 38 heavy (non-hydrogen) atoms. The van der Waals surface area contributed by atoms with E-state index in [9.17, 15) is 4.79 Å². The molecule has 4 rings (SSSR count). The number of halogens is 1. The SMILES string of the molecule is CCOc1ccc(-n2c(SCC(=O)NN=CC=Cc3ccccc3OC)nnc2-c2ccc(Cl)cc2)cc1. The summed E-state index contributed by atoms with van der Waals surface area (Å²) in [5.74, 6) is 1.99. The predicted molar refractivity (Wildman–Crippen MR) is 152 cm³/mol. The summed E-state index contributed by atoms with van der Waals surface area (Å²) in [6.07, 6.45) is 5.09. The smallest absolute Gasteiger partial charge is 0.250 e. The van der Waals surface area contributed by atoms with Gasteiger partial charge in [-0.25, -0.2) is 5.43 Å². The Balaban J connectivity index is 1.45. The van der Waals surface area contributed by atoms with Crippen molar-refractivity contribution in [2.24, 2.45) is 5.10 Å². The summed E-state index contributed by atoms with van der Waals surface area (Å²) in [5, 5.41) is 13.9. The van der Waals surface area contributed by atoms with Crippen molar-refractivity contribution < 1.29 is 14.3 Å². The van der Waals surface area contributed by atoms with E-state index in [2.05, 4.69) is 20.7 Å². The van der Waals surface area contributed by atoms with Crippen molar-refractivity contribution in [2.75, 3.05) is 19.5 Å². The van der Waals surface area contributed by atoms with Crippen molar-refractivity contribution >= 4 is 41.6 Å². The van der Waals surface area contributed by atoms with Crippen LogP contribution < -0.4 is 14.9 Å². The minimum Gasteiger partial charge on any atom is -0.496 e. The number of nitrogens with zero attached hydrogens (tertiary/aromatic N) is 4. The van der Waals surface area contributed by atoms with Gasteiger partial charge < -0.3 is 9.47 Å². The van der Waals surface area contributed by atoms with Crippen molar-refractivity contribution in [2.45, 2.75) is 12.1 Å². The van der Waals surface area contributed by atoms with Crippen LogP contribution in [0.4, 0.5) is 0 Å². The molecular weight excluding hydrogens is 522 g/mol. The number of aromatic nitrogens is 3. The quantitative estimate of drug-likeness (QED) is 0.143. The van der Waals surface area contributed by atoms with Gasteiger partial charge in [-0.1, -0.05) is 41.6 Å². The van der Waals surface area contributed by atoms with E-state index in [0.29, 0.717) is 22.6 Å². The second-order valence-electron chi connectivity index (χ2n) is 7.78. The first-order valence-electron chi connectivity index (χ1n) is 11.8. The van der Waals surface area contributed by atoms with Crippen LogP contribution in [0.5, 0.6) is 11.5 Å². The third-order valence-electron chi connectivity index (χ3n) is 5.24. The topological polar surface area (TPSA) is 90.6 Å². The molecule has 0 aliphatic rings. The molecular formula is C28H26ClN5O3S. The van der Waals surface area contributed by atoms with Gasteiger partial charge in [-0.3, -0.25) is 9.36 Å². The third-order valence-corrected chi connectivity index (χ3v) is 6.42.